The number of nitrogens with zero attached hydrogens (tertiary/aromatic N) is 4. The molecule has 0 bridgehead atoms. The number of aromatic nitrogens is 3. The Hall–Kier alpha value is -2.28. The van der Waals surface area contributed by atoms with Gasteiger partial charge in [-0.15, -0.1) is 0 Å². The minimum atomic E-state index is 0.129. The van der Waals surface area contributed by atoms with Crippen LogP contribution in [0.2, 0.25) is 0 Å². The van der Waals surface area contributed by atoms with E-state index in [2.05, 4.69) is 33.3 Å². The number of ether oxygens (including phenoxy) is 1. The molecule has 4 rings (SSSR count). The molecule has 0 aliphatic carbocycles. The van der Waals surface area contributed by atoms with Crippen molar-refractivity contribution in [2.24, 2.45) is 5.73 Å². The van der Waals surface area contributed by atoms with Crippen LogP contribution in [0.4, 0.5) is 0 Å². The van der Waals surface area contributed by atoms with Crippen LogP contribution in [-0.4, -0.2) is 51.8 Å². The first-order chi connectivity index (χ1) is 11.8. The fourth-order valence-electron chi connectivity index (χ4n) is 3.14. The highest BCUT2D eigenvalue weighted by atomic mass is 16.5. The minimum Gasteiger partial charge on any atom is -0.374 e. The molecule has 0 saturated carbocycles. The van der Waals surface area contributed by atoms with Crippen molar-refractivity contribution in [1.29, 1.82) is 0 Å². The maximum absolute atomic E-state index is 5.71. The molecule has 1 atom stereocenters. The van der Waals surface area contributed by atoms with E-state index in [-0.39, 0.29) is 6.10 Å². The summed E-state index contributed by atoms with van der Waals surface area (Å²) in [5.41, 5.74) is 9.92. The summed E-state index contributed by atoms with van der Waals surface area (Å²) in [6, 6.07) is 10.2. The Morgan fingerprint density at radius 1 is 1.21 bits per heavy atom. The van der Waals surface area contributed by atoms with Crippen molar-refractivity contribution in [2.45, 2.75) is 12.6 Å². The highest BCUT2D eigenvalue weighted by Gasteiger charge is 2.19. The zero-order valence-electron chi connectivity index (χ0n) is 13.5. The fraction of sp³-hybridized carbons (Fsp3) is 0.333. The lowest BCUT2D eigenvalue weighted by molar-refractivity contribution is -0.0261. The molecule has 124 valence electrons. The third kappa shape index (κ3) is 3.03. The summed E-state index contributed by atoms with van der Waals surface area (Å²) >= 11 is 0. The second-order valence-electron chi connectivity index (χ2n) is 6.12. The van der Waals surface area contributed by atoms with Gasteiger partial charge in [0.05, 0.1) is 18.9 Å². The predicted octanol–water partition coefficient (Wildman–Crippen LogP) is 1.56. The molecule has 3 heterocycles. The molecule has 3 aromatic rings. The molecule has 1 aliphatic heterocycles. The largest absolute Gasteiger partial charge is 0.374 e. The molecule has 6 nitrogen and oxygen atoms in total. The molecule has 1 fully saturated rings. The first-order valence-electron chi connectivity index (χ1n) is 8.25. The normalized spacial score (nSPS) is 19.0. The van der Waals surface area contributed by atoms with Gasteiger partial charge in [-0.05, 0) is 5.56 Å². The summed E-state index contributed by atoms with van der Waals surface area (Å²) in [5.74, 6) is 0. The van der Waals surface area contributed by atoms with E-state index in [4.69, 9.17) is 10.5 Å². The standard InChI is InChI=1S/C18H21N5O/c19-8-16-13-22(6-7-24-16)11-14-9-20-18-17(10-21-23(18)12-14)15-4-2-1-3-5-15/h1-5,9-10,12,16H,6-8,11,13,19H2/t16-/m0/s1. The number of hydrogen-bond acceptors (Lipinski definition) is 5. The Bertz CT molecular complexity index is 817. The monoisotopic (exact) mass is 323 g/mol. The van der Waals surface area contributed by atoms with Crippen molar-refractivity contribution < 1.29 is 4.74 Å². The Balaban J connectivity index is 1.56. The van der Waals surface area contributed by atoms with E-state index in [1.165, 1.54) is 0 Å². The van der Waals surface area contributed by atoms with Crippen molar-refractivity contribution in [1.82, 2.24) is 19.5 Å². The van der Waals surface area contributed by atoms with Crippen LogP contribution in [0.5, 0.6) is 0 Å². The van der Waals surface area contributed by atoms with Gasteiger partial charge in [-0.3, -0.25) is 4.90 Å². The zero-order chi connectivity index (χ0) is 16.4. The molecule has 6 heteroatoms. The Morgan fingerprint density at radius 3 is 2.92 bits per heavy atom. The predicted molar refractivity (Wildman–Crippen MR) is 92.5 cm³/mol. The van der Waals surface area contributed by atoms with Crippen molar-refractivity contribution in [2.75, 3.05) is 26.2 Å². The number of morpholine rings is 1. The topological polar surface area (TPSA) is 68.7 Å². The molecule has 2 N–H and O–H groups in total. The summed E-state index contributed by atoms with van der Waals surface area (Å²) in [7, 11) is 0. The van der Waals surface area contributed by atoms with E-state index in [9.17, 15) is 0 Å². The van der Waals surface area contributed by atoms with E-state index in [0.29, 0.717) is 6.54 Å². The van der Waals surface area contributed by atoms with Gasteiger partial charge in [0.25, 0.3) is 0 Å². The quantitative estimate of drug-likeness (QED) is 0.789. The summed E-state index contributed by atoms with van der Waals surface area (Å²) in [6.07, 6.45) is 6.00. The van der Waals surface area contributed by atoms with Gasteiger partial charge in [0.15, 0.2) is 5.65 Å². The summed E-state index contributed by atoms with van der Waals surface area (Å²) < 4.78 is 7.48. The molecule has 1 saturated heterocycles. The van der Waals surface area contributed by atoms with Gasteiger partial charge in [-0.2, -0.15) is 5.10 Å². The molecule has 0 amide bonds. The van der Waals surface area contributed by atoms with E-state index >= 15 is 0 Å². The molecule has 24 heavy (non-hydrogen) atoms. The van der Waals surface area contributed by atoms with Crippen molar-refractivity contribution in [3.05, 3.63) is 54.5 Å². The van der Waals surface area contributed by atoms with Gasteiger partial charge < -0.3 is 10.5 Å². The Labute approximate surface area is 140 Å². The van der Waals surface area contributed by atoms with Gasteiger partial charge >= 0.3 is 0 Å². The second-order valence-corrected chi connectivity index (χ2v) is 6.12. The van der Waals surface area contributed by atoms with Crippen LogP contribution >= 0.6 is 0 Å². The molecular weight excluding hydrogens is 302 g/mol. The lowest BCUT2D eigenvalue weighted by atomic mass is 10.1. The third-order valence-corrected chi connectivity index (χ3v) is 4.39. The number of benzene rings is 1. The van der Waals surface area contributed by atoms with E-state index in [0.717, 1.165) is 48.6 Å². The molecule has 1 aliphatic rings. The van der Waals surface area contributed by atoms with Crippen LogP contribution in [0.25, 0.3) is 16.8 Å². The van der Waals surface area contributed by atoms with Gasteiger partial charge in [0.1, 0.15) is 0 Å². The summed E-state index contributed by atoms with van der Waals surface area (Å²) in [6.45, 7) is 3.92. The number of fused-ring (bicyclic) bond motifs is 1. The van der Waals surface area contributed by atoms with Gasteiger partial charge in [-0.25, -0.2) is 9.50 Å². The molecule has 0 spiro atoms. The average Bonchev–Trinajstić information content (AvgIpc) is 3.06. The SMILES string of the molecule is NC[C@H]1CN(Cc2cnc3c(-c4ccccc4)cnn3c2)CCO1. The second kappa shape index (κ2) is 6.68. The van der Waals surface area contributed by atoms with E-state index in [1.807, 2.05) is 35.1 Å². The van der Waals surface area contributed by atoms with Crippen LogP contribution in [0, 0.1) is 0 Å². The Morgan fingerprint density at radius 2 is 2.08 bits per heavy atom. The zero-order valence-corrected chi connectivity index (χ0v) is 13.5. The maximum Gasteiger partial charge on any atom is 0.162 e. The molecule has 1 aromatic carbocycles. The van der Waals surface area contributed by atoms with Crippen LogP contribution in [-0.2, 0) is 11.3 Å². The number of hydrogen-bond donors (Lipinski definition) is 1. The van der Waals surface area contributed by atoms with Crippen LogP contribution in [0.15, 0.2) is 48.9 Å². The average molecular weight is 323 g/mol. The summed E-state index contributed by atoms with van der Waals surface area (Å²) in [5, 5.41) is 4.47. The third-order valence-electron chi connectivity index (χ3n) is 4.39. The van der Waals surface area contributed by atoms with Crippen LogP contribution in [0.3, 0.4) is 0 Å². The Kier molecular flexibility index (Phi) is 4.25. The molecule has 0 radical (unpaired) electrons. The molecule has 2 aromatic heterocycles. The van der Waals surface area contributed by atoms with Crippen molar-refractivity contribution >= 4 is 5.65 Å². The lowest BCUT2D eigenvalue weighted by Crippen LogP contribution is -2.45. The summed E-state index contributed by atoms with van der Waals surface area (Å²) in [4.78, 5) is 6.99. The van der Waals surface area contributed by atoms with Gasteiger partial charge in [0, 0.05) is 49.7 Å². The maximum atomic E-state index is 5.71. The number of nitrogens with two attached hydrogens (primary N) is 1. The van der Waals surface area contributed by atoms with Crippen molar-refractivity contribution in [3.63, 3.8) is 0 Å². The first kappa shape index (κ1) is 15.3. The van der Waals surface area contributed by atoms with Gasteiger partial charge in [-0.1, -0.05) is 30.3 Å². The molecule has 0 unspecified atom stereocenters. The van der Waals surface area contributed by atoms with Crippen LogP contribution < -0.4 is 5.73 Å². The first-order valence-corrected chi connectivity index (χ1v) is 8.25. The van der Waals surface area contributed by atoms with E-state index in [1.54, 1.807) is 0 Å². The van der Waals surface area contributed by atoms with E-state index < -0.39 is 0 Å². The van der Waals surface area contributed by atoms with Crippen LogP contribution in [0.1, 0.15) is 5.56 Å². The fourth-order valence-corrected chi connectivity index (χ4v) is 3.14. The number of rotatable bonds is 4. The minimum absolute atomic E-state index is 0.129. The highest BCUT2D eigenvalue weighted by molar-refractivity contribution is 5.76. The smallest absolute Gasteiger partial charge is 0.162 e. The lowest BCUT2D eigenvalue weighted by Gasteiger charge is -2.32. The van der Waals surface area contributed by atoms with Crippen molar-refractivity contribution in [3.8, 4) is 11.1 Å². The van der Waals surface area contributed by atoms with Gasteiger partial charge in [0.2, 0.25) is 0 Å². The highest BCUT2D eigenvalue weighted by Crippen LogP contribution is 2.23. The molecular formula is C18H21N5O.